The summed E-state index contributed by atoms with van der Waals surface area (Å²) < 4.78 is 12.2. The van der Waals surface area contributed by atoms with Crippen molar-refractivity contribution in [3.8, 4) is 0 Å². The summed E-state index contributed by atoms with van der Waals surface area (Å²) in [5, 5.41) is 3.70. The van der Waals surface area contributed by atoms with E-state index in [0.717, 1.165) is 26.2 Å². The highest BCUT2D eigenvalue weighted by atomic mass is 16.5. The van der Waals surface area contributed by atoms with Gasteiger partial charge in [0.15, 0.2) is 0 Å². The van der Waals surface area contributed by atoms with Crippen LogP contribution >= 0.6 is 0 Å². The topological polar surface area (TPSA) is 30.5 Å². The summed E-state index contributed by atoms with van der Waals surface area (Å²) in [6.07, 6.45) is 7.58. The molecule has 3 nitrogen and oxygen atoms in total. The van der Waals surface area contributed by atoms with Crippen molar-refractivity contribution in [1.82, 2.24) is 5.32 Å². The van der Waals surface area contributed by atoms with Gasteiger partial charge in [0, 0.05) is 19.3 Å². The normalized spacial score (nSPS) is 27.9. The molecule has 0 amide bonds. The highest BCUT2D eigenvalue weighted by Gasteiger charge is 2.45. The maximum Gasteiger partial charge on any atom is 0.0781 e. The van der Waals surface area contributed by atoms with Gasteiger partial charge in [0.05, 0.1) is 11.2 Å². The van der Waals surface area contributed by atoms with E-state index in [-0.39, 0.29) is 11.2 Å². The zero-order valence-electron chi connectivity index (χ0n) is 13.8. The molecule has 0 aromatic rings. The molecule has 0 bridgehead atoms. The number of hydrogen-bond donors (Lipinski definition) is 1. The lowest BCUT2D eigenvalue weighted by Crippen LogP contribution is -2.56. The van der Waals surface area contributed by atoms with Crippen LogP contribution in [0.5, 0.6) is 0 Å². The molecule has 0 aromatic carbocycles. The third-order valence-corrected chi connectivity index (χ3v) is 5.21. The maximum absolute atomic E-state index is 6.19. The fourth-order valence-electron chi connectivity index (χ4n) is 4.38. The Morgan fingerprint density at radius 1 is 1.30 bits per heavy atom. The molecule has 20 heavy (non-hydrogen) atoms. The largest absolute Gasteiger partial charge is 0.375 e. The number of nitrogens with one attached hydrogen (secondary N) is 1. The van der Waals surface area contributed by atoms with E-state index in [2.05, 4.69) is 33.0 Å². The van der Waals surface area contributed by atoms with E-state index in [1.807, 2.05) is 0 Å². The monoisotopic (exact) mass is 283 g/mol. The Morgan fingerprint density at radius 2 is 2.00 bits per heavy atom. The Kier molecular flexibility index (Phi) is 5.49. The molecule has 1 saturated heterocycles. The molecular formula is C17H33NO2. The summed E-state index contributed by atoms with van der Waals surface area (Å²) in [5.74, 6) is 0.670. The van der Waals surface area contributed by atoms with Crippen LogP contribution < -0.4 is 5.32 Å². The van der Waals surface area contributed by atoms with Gasteiger partial charge in [-0.05, 0) is 58.9 Å². The van der Waals surface area contributed by atoms with Crippen LogP contribution in [0.4, 0.5) is 0 Å². The van der Waals surface area contributed by atoms with Gasteiger partial charge < -0.3 is 14.8 Å². The molecule has 118 valence electrons. The van der Waals surface area contributed by atoms with E-state index in [1.54, 1.807) is 0 Å². The van der Waals surface area contributed by atoms with Gasteiger partial charge in [0.2, 0.25) is 0 Å². The van der Waals surface area contributed by atoms with Crippen LogP contribution in [0.25, 0.3) is 0 Å². The smallest absolute Gasteiger partial charge is 0.0781 e. The van der Waals surface area contributed by atoms with Crippen molar-refractivity contribution < 1.29 is 9.47 Å². The maximum atomic E-state index is 6.19. The van der Waals surface area contributed by atoms with Crippen LogP contribution in [-0.2, 0) is 9.47 Å². The first-order chi connectivity index (χ1) is 9.53. The van der Waals surface area contributed by atoms with Crippen LogP contribution in [0.1, 0.15) is 66.2 Å². The number of rotatable bonds is 6. The summed E-state index contributed by atoms with van der Waals surface area (Å²) in [6, 6.07) is 0.425. The molecule has 1 N–H and O–H groups in total. The van der Waals surface area contributed by atoms with Gasteiger partial charge >= 0.3 is 0 Å². The lowest BCUT2D eigenvalue weighted by atomic mass is 9.75. The van der Waals surface area contributed by atoms with E-state index < -0.39 is 0 Å². The van der Waals surface area contributed by atoms with Crippen molar-refractivity contribution in [2.45, 2.75) is 83.5 Å². The van der Waals surface area contributed by atoms with Crippen LogP contribution in [0, 0.1) is 5.92 Å². The van der Waals surface area contributed by atoms with Crippen molar-refractivity contribution in [3.63, 3.8) is 0 Å². The van der Waals surface area contributed by atoms with Crippen LogP contribution in [-0.4, -0.2) is 37.0 Å². The first-order valence-electron chi connectivity index (χ1n) is 8.54. The number of likely N-dealkylation sites (N-methyl/N-ethyl adjacent to an activating group) is 1. The van der Waals surface area contributed by atoms with Crippen molar-refractivity contribution in [3.05, 3.63) is 0 Å². The molecule has 2 aliphatic rings. The standard InChI is InChI=1S/C17H33NO2/c1-5-18-15(16(3,4)19-6-2)14-9-12-20-17(13-14)10-7-8-11-17/h14-15,18H,5-13H2,1-4H3. The first kappa shape index (κ1) is 16.3. The predicted molar refractivity (Wildman–Crippen MR) is 83.0 cm³/mol. The summed E-state index contributed by atoms with van der Waals surface area (Å²) in [7, 11) is 0. The summed E-state index contributed by atoms with van der Waals surface area (Å²) >= 11 is 0. The Balaban J connectivity index is 2.08. The Morgan fingerprint density at radius 3 is 2.60 bits per heavy atom. The van der Waals surface area contributed by atoms with Gasteiger partial charge in [-0.1, -0.05) is 19.8 Å². The minimum atomic E-state index is -0.105. The Labute approximate surface area is 124 Å². The second-order valence-electron chi connectivity index (χ2n) is 7.06. The second-order valence-corrected chi connectivity index (χ2v) is 7.06. The molecule has 0 radical (unpaired) electrons. The SMILES string of the molecule is CCNC(C1CCOC2(CCCC2)C1)C(C)(C)OCC. The van der Waals surface area contributed by atoms with E-state index in [1.165, 1.54) is 32.1 Å². The Bertz CT molecular complexity index is 297. The van der Waals surface area contributed by atoms with Crippen LogP contribution in [0.15, 0.2) is 0 Å². The minimum Gasteiger partial charge on any atom is -0.375 e. The third kappa shape index (κ3) is 3.55. The molecule has 3 heteroatoms. The van der Waals surface area contributed by atoms with E-state index in [9.17, 15) is 0 Å². The molecule has 0 aromatic heterocycles. The van der Waals surface area contributed by atoms with Crippen molar-refractivity contribution in [2.24, 2.45) is 5.92 Å². The quantitative estimate of drug-likeness (QED) is 0.809. The van der Waals surface area contributed by atoms with Crippen LogP contribution in [0.2, 0.25) is 0 Å². The summed E-state index contributed by atoms with van der Waals surface area (Å²) in [4.78, 5) is 0. The third-order valence-electron chi connectivity index (χ3n) is 5.21. The van der Waals surface area contributed by atoms with E-state index >= 15 is 0 Å². The molecule has 1 aliphatic heterocycles. The van der Waals surface area contributed by atoms with E-state index in [4.69, 9.17) is 9.47 Å². The number of hydrogen-bond acceptors (Lipinski definition) is 3. The van der Waals surface area contributed by atoms with Crippen LogP contribution in [0.3, 0.4) is 0 Å². The molecule has 1 heterocycles. The molecule has 1 saturated carbocycles. The van der Waals surface area contributed by atoms with E-state index in [0.29, 0.717) is 12.0 Å². The average Bonchev–Trinajstić information content (AvgIpc) is 2.83. The molecule has 2 fully saturated rings. The number of ether oxygens (including phenoxy) is 2. The predicted octanol–water partition coefficient (Wildman–Crippen LogP) is 3.52. The molecule has 2 atom stereocenters. The summed E-state index contributed by atoms with van der Waals surface area (Å²) in [5.41, 5.74) is 0.0887. The van der Waals surface area contributed by atoms with Gasteiger partial charge in [0.1, 0.15) is 0 Å². The zero-order chi connectivity index (χ0) is 14.6. The average molecular weight is 283 g/mol. The van der Waals surface area contributed by atoms with Gasteiger partial charge in [-0.3, -0.25) is 0 Å². The fourth-order valence-corrected chi connectivity index (χ4v) is 4.38. The highest BCUT2D eigenvalue weighted by molar-refractivity contribution is 4.98. The van der Waals surface area contributed by atoms with Gasteiger partial charge in [-0.15, -0.1) is 0 Å². The van der Waals surface area contributed by atoms with Crippen molar-refractivity contribution >= 4 is 0 Å². The molecular weight excluding hydrogens is 250 g/mol. The molecule has 1 spiro atoms. The van der Waals surface area contributed by atoms with Crippen molar-refractivity contribution in [1.29, 1.82) is 0 Å². The zero-order valence-corrected chi connectivity index (χ0v) is 13.8. The lowest BCUT2D eigenvalue weighted by molar-refractivity contribution is -0.122. The highest BCUT2D eigenvalue weighted by Crippen LogP contribution is 2.44. The summed E-state index contributed by atoms with van der Waals surface area (Å²) in [6.45, 7) is 11.5. The minimum absolute atomic E-state index is 0.105. The lowest BCUT2D eigenvalue weighted by Gasteiger charge is -2.46. The van der Waals surface area contributed by atoms with Gasteiger partial charge in [-0.2, -0.15) is 0 Å². The Hall–Kier alpha value is -0.120. The second kappa shape index (κ2) is 6.76. The van der Waals surface area contributed by atoms with Gasteiger partial charge in [-0.25, -0.2) is 0 Å². The first-order valence-corrected chi connectivity index (χ1v) is 8.54. The molecule has 1 aliphatic carbocycles. The van der Waals surface area contributed by atoms with Gasteiger partial charge in [0.25, 0.3) is 0 Å². The molecule has 2 unspecified atom stereocenters. The fraction of sp³-hybridized carbons (Fsp3) is 1.00. The molecule has 2 rings (SSSR count). The van der Waals surface area contributed by atoms with Crippen molar-refractivity contribution in [2.75, 3.05) is 19.8 Å².